The third-order valence-corrected chi connectivity index (χ3v) is 4.11. The second-order valence-electron chi connectivity index (χ2n) is 5.18. The fourth-order valence-corrected chi connectivity index (χ4v) is 3.10. The van der Waals surface area contributed by atoms with Crippen LogP contribution in [-0.2, 0) is 0 Å². The summed E-state index contributed by atoms with van der Waals surface area (Å²) in [7, 11) is 1.71. The number of hydrogen-bond donors (Lipinski definition) is 0. The minimum absolute atomic E-state index is 0.739. The van der Waals surface area contributed by atoms with E-state index in [4.69, 9.17) is 16.3 Å². The van der Waals surface area contributed by atoms with Crippen LogP contribution < -0.4 is 4.74 Å². The Kier molecular flexibility index (Phi) is 6.45. The van der Waals surface area contributed by atoms with Crippen LogP contribution in [0.25, 0.3) is 22.3 Å². The van der Waals surface area contributed by atoms with Crippen LogP contribution in [-0.4, -0.2) is 7.11 Å². The Morgan fingerprint density at radius 3 is 2.00 bits per heavy atom. The fraction of sp³-hybridized carbons (Fsp3) is 0.182. The molecule has 0 amide bonds. The second kappa shape index (κ2) is 8.56. The molecule has 0 aromatic heterocycles. The summed E-state index contributed by atoms with van der Waals surface area (Å²) in [6.45, 7) is 6.07. The molecule has 0 fully saturated rings. The highest BCUT2D eigenvalue weighted by atomic mass is 35.5. The number of rotatable bonds is 3. The maximum absolute atomic E-state index is 6.44. The lowest BCUT2D eigenvalue weighted by Gasteiger charge is -2.16. The van der Waals surface area contributed by atoms with Crippen molar-refractivity contribution in [2.75, 3.05) is 7.11 Å². The molecule has 0 unspecified atom stereocenters. The van der Waals surface area contributed by atoms with Gasteiger partial charge in [0, 0.05) is 21.7 Å². The van der Waals surface area contributed by atoms with E-state index in [0.717, 1.165) is 38.6 Å². The van der Waals surface area contributed by atoms with Crippen LogP contribution >= 0.6 is 11.6 Å². The predicted molar refractivity (Wildman–Crippen MR) is 105 cm³/mol. The van der Waals surface area contributed by atoms with E-state index in [1.54, 1.807) is 7.11 Å². The first kappa shape index (κ1) is 18.1. The highest BCUT2D eigenvalue weighted by Crippen LogP contribution is 2.42. The van der Waals surface area contributed by atoms with Crippen molar-refractivity contribution < 1.29 is 4.74 Å². The average molecular weight is 339 g/mol. The van der Waals surface area contributed by atoms with Crippen molar-refractivity contribution >= 4 is 11.6 Å². The molecule has 0 heterocycles. The number of ether oxygens (including phenoxy) is 1. The third kappa shape index (κ3) is 3.63. The number of hydrogen-bond acceptors (Lipinski definition) is 1. The van der Waals surface area contributed by atoms with Gasteiger partial charge in [0.25, 0.3) is 0 Å². The van der Waals surface area contributed by atoms with Crippen LogP contribution in [0.3, 0.4) is 0 Å². The van der Waals surface area contributed by atoms with Gasteiger partial charge in [0.1, 0.15) is 5.75 Å². The van der Waals surface area contributed by atoms with E-state index in [-0.39, 0.29) is 0 Å². The molecular formula is C22H23ClO. The smallest absolute Gasteiger partial charge is 0.134 e. The minimum Gasteiger partial charge on any atom is -0.495 e. The number of benzene rings is 3. The maximum atomic E-state index is 6.44. The van der Waals surface area contributed by atoms with Crippen LogP contribution in [0.5, 0.6) is 5.75 Å². The molecule has 0 atom stereocenters. The largest absolute Gasteiger partial charge is 0.495 e. The van der Waals surface area contributed by atoms with Gasteiger partial charge >= 0.3 is 0 Å². The summed E-state index contributed by atoms with van der Waals surface area (Å²) >= 11 is 6.44. The maximum Gasteiger partial charge on any atom is 0.134 e. The molecule has 0 aliphatic rings. The van der Waals surface area contributed by atoms with Gasteiger partial charge in [-0.25, -0.2) is 0 Å². The van der Waals surface area contributed by atoms with Crippen LogP contribution in [0.2, 0.25) is 5.02 Å². The standard InChI is InChI=1S/C20H17ClO.C2H6/c1-14-8-6-13-18(21)19(14)17-12-7-11-16(20(17)22-2)15-9-4-3-5-10-15;1-2/h3-13H,1-2H3;1-2H3. The summed E-state index contributed by atoms with van der Waals surface area (Å²) in [4.78, 5) is 0. The Hall–Kier alpha value is -2.25. The van der Waals surface area contributed by atoms with Crippen LogP contribution in [0.4, 0.5) is 0 Å². The molecule has 0 saturated carbocycles. The highest BCUT2D eigenvalue weighted by Gasteiger charge is 2.15. The first-order valence-corrected chi connectivity index (χ1v) is 8.58. The SMILES string of the molecule is CC.COc1c(-c2ccccc2)cccc1-c1c(C)cccc1Cl. The molecule has 24 heavy (non-hydrogen) atoms. The first-order chi connectivity index (χ1) is 11.7. The summed E-state index contributed by atoms with van der Waals surface area (Å²) in [6, 6.07) is 22.4. The van der Waals surface area contributed by atoms with E-state index < -0.39 is 0 Å². The Morgan fingerprint density at radius 1 is 0.750 bits per heavy atom. The molecule has 124 valence electrons. The van der Waals surface area contributed by atoms with Crippen molar-refractivity contribution in [2.24, 2.45) is 0 Å². The average Bonchev–Trinajstić information content (AvgIpc) is 2.64. The van der Waals surface area contributed by atoms with E-state index in [1.165, 1.54) is 0 Å². The first-order valence-electron chi connectivity index (χ1n) is 8.20. The van der Waals surface area contributed by atoms with Crippen molar-refractivity contribution in [3.63, 3.8) is 0 Å². The van der Waals surface area contributed by atoms with Gasteiger partial charge in [-0.15, -0.1) is 0 Å². The lowest BCUT2D eigenvalue weighted by Crippen LogP contribution is -1.94. The van der Waals surface area contributed by atoms with Crippen molar-refractivity contribution in [3.8, 4) is 28.0 Å². The van der Waals surface area contributed by atoms with E-state index in [2.05, 4.69) is 37.3 Å². The van der Waals surface area contributed by atoms with Gasteiger partial charge in [-0.05, 0) is 24.1 Å². The topological polar surface area (TPSA) is 9.23 Å². The molecular weight excluding hydrogens is 316 g/mol. The molecule has 3 rings (SSSR count). The normalized spacial score (nSPS) is 9.88. The number of aryl methyl sites for hydroxylation is 1. The Labute approximate surface area is 149 Å². The Morgan fingerprint density at radius 2 is 1.38 bits per heavy atom. The molecule has 0 radical (unpaired) electrons. The third-order valence-electron chi connectivity index (χ3n) is 3.80. The van der Waals surface area contributed by atoms with Crippen molar-refractivity contribution in [2.45, 2.75) is 20.8 Å². The summed E-state index contributed by atoms with van der Waals surface area (Å²) in [6.07, 6.45) is 0. The molecule has 0 N–H and O–H groups in total. The Bertz CT molecular complexity index is 774. The molecule has 0 spiro atoms. The van der Waals surface area contributed by atoms with E-state index in [9.17, 15) is 0 Å². The molecule has 0 aliphatic carbocycles. The van der Waals surface area contributed by atoms with Crippen LogP contribution in [0, 0.1) is 6.92 Å². The zero-order valence-electron chi connectivity index (χ0n) is 14.6. The van der Waals surface area contributed by atoms with Gasteiger partial charge in [-0.1, -0.05) is 86.1 Å². The van der Waals surface area contributed by atoms with Crippen molar-refractivity contribution in [1.29, 1.82) is 0 Å². The lowest BCUT2D eigenvalue weighted by molar-refractivity contribution is 0.418. The lowest BCUT2D eigenvalue weighted by atomic mass is 9.95. The molecule has 3 aromatic carbocycles. The van der Waals surface area contributed by atoms with Crippen LogP contribution in [0.1, 0.15) is 19.4 Å². The molecule has 0 aliphatic heterocycles. The quantitative estimate of drug-likeness (QED) is 0.498. The number of para-hydroxylation sites is 1. The van der Waals surface area contributed by atoms with E-state index in [0.29, 0.717) is 0 Å². The molecule has 1 nitrogen and oxygen atoms in total. The van der Waals surface area contributed by atoms with E-state index in [1.807, 2.05) is 50.2 Å². The minimum atomic E-state index is 0.739. The summed E-state index contributed by atoms with van der Waals surface area (Å²) in [5.74, 6) is 0.852. The number of halogens is 1. The second-order valence-corrected chi connectivity index (χ2v) is 5.59. The van der Waals surface area contributed by atoms with Gasteiger partial charge in [0.2, 0.25) is 0 Å². The van der Waals surface area contributed by atoms with Gasteiger partial charge < -0.3 is 4.74 Å². The molecule has 0 bridgehead atoms. The molecule has 0 saturated heterocycles. The summed E-state index contributed by atoms with van der Waals surface area (Å²) in [5.41, 5.74) is 5.38. The number of methoxy groups -OCH3 is 1. The monoisotopic (exact) mass is 338 g/mol. The van der Waals surface area contributed by atoms with Gasteiger partial charge in [-0.2, -0.15) is 0 Å². The molecule has 3 aromatic rings. The molecule has 2 heteroatoms. The summed E-state index contributed by atoms with van der Waals surface area (Å²) in [5, 5.41) is 0.739. The van der Waals surface area contributed by atoms with Crippen LogP contribution in [0.15, 0.2) is 66.7 Å². The van der Waals surface area contributed by atoms with Crippen molar-refractivity contribution in [3.05, 3.63) is 77.3 Å². The fourth-order valence-electron chi connectivity index (χ4n) is 2.77. The van der Waals surface area contributed by atoms with E-state index >= 15 is 0 Å². The predicted octanol–water partition coefficient (Wildman–Crippen LogP) is 7.02. The van der Waals surface area contributed by atoms with Gasteiger partial charge in [0.05, 0.1) is 7.11 Å². The Balaban J connectivity index is 0.00000100. The summed E-state index contributed by atoms with van der Waals surface area (Å²) < 4.78 is 5.74. The highest BCUT2D eigenvalue weighted by molar-refractivity contribution is 6.33. The van der Waals surface area contributed by atoms with Gasteiger partial charge in [0.15, 0.2) is 0 Å². The zero-order chi connectivity index (χ0) is 17.5. The van der Waals surface area contributed by atoms with Gasteiger partial charge in [-0.3, -0.25) is 0 Å². The zero-order valence-corrected chi connectivity index (χ0v) is 15.4. The van der Waals surface area contributed by atoms with Crippen molar-refractivity contribution in [1.82, 2.24) is 0 Å².